The van der Waals surface area contributed by atoms with Gasteiger partial charge in [-0.05, 0) is 78.3 Å². The van der Waals surface area contributed by atoms with Gasteiger partial charge in [0.15, 0.2) is 11.5 Å². The van der Waals surface area contributed by atoms with Gasteiger partial charge in [0, 0.05) is 19.5 Å². The van der Waals surface area contributed by atoms with Crippen molar-refractivity contribution in [2.24, 2.45) is 7.05 Å². The number of benzene rings is 2. The van der Waals surface area contributed by atoms with Gasteiger partial charge >= 0.3 is 0 Å². The fourth-order valence-electron chi connectivity index (χ4n) is 6.16. The van der Waals surface area contributed by atoms with Crippen molar-refractivity contribution in [2.45, 2.75) is 44.8 Å². The highest BCUT2D eigenvalue weighted by molar-refractivity contribution is 7.98. The number of imidazole rings is 1. The van der Waals surface area contributed by atoms with Crippen LogP contribution in [0.15, 0.2) is 53.3 Å². The van der Waals surface area contributed by atoms with Gasteiger partial charge in [0.25, 0.3) is 0 Å². The highest BCUT2D eigenvalue weighted by Crippen LogP contribution is 2.50. The average Bonchev–Trinajstić information content (AvgIpc) is 3.20. The average molecular weight is 660 g/mol. The number of carbonyl (C=O) groups excluding carboxylic acids is 2. The van der Waals surface area contributed by atoms with Crippen molar-refractivity contribution in [1.29, 1.82) is 0 Å². The molecule has 1 heterocycles. The molecule has 0 unspecified atom stereocenters. The Morgan fingerprint density at radius 1 is 1.06 bits per heavy atom. The first-order valence-electron chi connectivity index (χ1n) is 15.4. The highest BCUT2D eigenvalue weighted by atomic mass is 32.2. The van der Waals surface area contributed by atoms with E-state index in [-0.39, 0.29) is 29.5 Å². The molecule has 0 saturated heterocycles. The zero-order valence-corrected chi connectivity index (χ0v) is 28.4. The van der Waals surface area contributed by atoms with Gasteiger partial charge in [0.05, 0.1) is 50.6 Å². The van der Waals surface area contributed by atoms with Crippen molar-refractivity contribution in [3.05, 3.63) is 75.7 Å². The normalized spacial score (nSPS) is 14.3. The van der Waals surface area contributed by atoms with E-state index in [0.717, 1.165) is 28.0 Å². The number of ether oxygens (including phenoxy) is 3. The predicted molar refractivity (Wildman–Crippen MR) is 186 cm³/mol. The maximum atomic E-state index is 13.9. The summed E-state index contributed by atoms with van der Waals surface area (Å²) in [5.74, 6) is 2.41. The largest absolute Gasteiger partial charge is 0.493 e. The third-order valence-electron chi connectivity index (χ3n) is 8.47. The Bertz CT molecular complexity index is 1860. The molecular weight excluding hydrogens is 618 g/mol. The maximum absolute atomic E-state index is 13.9. The first-order valence-corrected chi connectivity index (χ1v) is 16.8. The molecule has 0 aliphatic heterocycles. The quantitative estimate of drug-likeness (QED) is 0.200. The summed E-state index contributed by atoms with van der Waals surface area (Å²) in [6.45, 7) is 1.70. The van der Waals surface area contributed by atoms with Crippen molar-refractivity contribution in [1.82, 2.24) is 20.2 Å². The molecule has 11 nitrogen and oxygen atoms in total. The van der Waals surface area contributed by atoms with Crippen LogP contribution < -0.4 is 35.6 Å². The number of rotatable bonds is 12. The van der Waals surface area contributed by atoms with E-state index in [2.05, 4.69) is 20.9 Å². The van der Waals surface area contributed by atoms with Crippen molar-refractivity contribution in [2.75, 3.05) is 38.7 Å². The maximum Gasteiger partial charge on any atom is 0.242 e. The first kappa shape index (κ1) is 33.6. The molecule has 0 radical (unpaired) electrons. The lowest BCUT2D eigenvalue weighted by molar-refractivity contribution is -0.122. The summed E-state index contributed by atoms with van der Waals surface area (Å²) in [5.41, 5.74) is 4.85. The van der Waals surface area contributed by atoms with Crippen LogP contribution in [0.1, 0.15) is 42.8 Å². The first-order chi connectivity index (χ1) is 22.7. The van der Waals surface area contributed by atoms with Crippen molar-refractivity contribution in [3.8, 4) is 28.4 Å². The van der Waals surface area contributed by atoms with E-state index in [1.807, 2.05) is 54.3 Å². The second-order valence-electron chi connectivity index (χ2n) is 11.4. The SMILES string of the molecule is COc1cc2c(c(OC)c1OC)-c1ccc(N[C@@H](CCSC)C(=O)NCc3nc4ccccc4n3C)c(=O)cc1[C@H](NC(C)=O)CC2. The number of carbonyl (C=O) groups is 2. The summed E-state index contributed by atoms with van der Waals surface area (Å²) in [7, 11) is 6.59. The Balaban J connectivity index is 1.53. The highest BCUT2D eigenvalue weighted by Gasteiger charge is 2.30. The number of nitrogens with zero attached hydrogens (tertiary/aromatic N) is 2. The lowest BCUT2D eigenvalue weighted by Gasteiger charge is -2.19. The van der Waals surface area contributed by atoms with Crippen LogP contribution in [-0.4, -0.2) is 60.7 Å². The Kier molecular flexibility index (Phi) is 10.6. The number of para-hydroxylation sites is 2. The topological polar surface area (TPSA) is 133 Å². The molecule has 3 aromatic carbocycles. The second-order valence-corrected chi connectivity index (χ2v) is 12.4. The van der Waals surface area contributed by atoms with Gasteiger partial charge in [-0.3, -0.25) is 14.4 Å². The molecule has 0 fully saturated rings. The third kappa shape index (κ3) is 7.02. The molecule has 1 aliphatic carbocycles. The monoisotopic (exact) mass is 659 g/mol. The smallest absolute Gasteiger partial charge is 0.242 e. The van der Waals surface area contributed by atoms with Crippen LogP contribution in [0.4, 0.5) is 5.69 Å². The fourth-order valence-corrected chi connectivity index (χ4v) is 6.63. The summed E-state index contributed by atoms with van der Waals surface area (Å²) >= 11 is 1.62. The zero-order valence-electron chi connectivity index (χ0n) is 27.6. The standard InChI is InChI=1S/C35H41N5O6S/c1-20(41)37-24-13-11-21-17-30(44-3)33(45-4)34(46-5)32(21)22-12-14-26(29(42)18-23(22)24)38-27(15-16-47-6)35(43)36-19-31-39-25-9-7-8-10-28(25)40(31)2/h7-10,12,14,17-18,24,27H,11,13,15-16,19H2,1-6H3,(H,36,43)(H,37,41)(H,38,42)/t24-,27+/m1/s1. The van der Waals surface area contributed by atoms with Crippen LogP contribution in [0, 0.1) is 0 Å². The van der Waals surface area contributed by atoms with Gasteiger partial charge in [-0.2, -0.15) is 11.8 Å². The van der Waals surface area contributed by atoms with Crippen LogP contribution in [0.25, 0.3) is 22.2 Å². The summed E-state index contributed by atoms with van der Waals surface area (Å²) in [6.07, 6.45) is 3.61. The van der Waals surface area contributed by atoms with E-state index >= 15 is 0 Å². The van der Waals surface area contributed by atoms with E-state index in [0.29, 0.717) is 53.4 Å². The Labute approximate surface area is 278 Å². The van der Waals surface area contributed by atoms with Crippen LogP contribution in [0.5, 0.6) is 17.2 Å². The Morgan fingerprint density at radius 2 is 1.83 bits per heavy atom. The van der Waals surface area contributed by atoms with Gasteiger partial charge in [-0.15, -0.1) is 0 Å². The van der Waals surface area contributed by atoms with Gasteiger partial charge in [0.1, 0.15) is 11.9 Å². The molecule has 0 bridgehead atoms. The predicted octanol–water partition coefficient (Wildman–Crippen LogP) is 4.60. The van der Waals surface area contributed by atoms with Crippen molar-refractivity contribution >= 4 is 40.3 Å². The number of hydrogen-bond donors (Lipinski definition) is 3. The minimum absolute atomic E-state index is 0.208. The summed E-state index contributed by atoms with van der Waals surface area (Å²) in [5, 5.41) is 9.28. The Hall–Kier alpha value is -4.71. The summed E-state index contributed by atoms with van der Waals surface area (Å²) in [4.78, 5) is 44.4. The number of thioether (sulfide) groups is 1. The summed E-state index contributed by atoms with van der Waals surface area (Å²) < 4.78 is 19.1. The molecule has 3 N–H and O–H groups in total. The molecule has 1 aromatic heterocycles. The van der Waals surface area contributed by atoms with Crippen LogP contribution in [-0.2, 0) is 29.6 Å². The second kappa shape index (κ2) is 14.8. The molecule has 2 amide bonds. The van der Waals surface area contributed by atoms with Crippen LogP contribution >= 0.6 is 11.8 Å². The number of aromatic nitrogens is 2. The third-order valence-corrected chi connectivity index (χ3v) is 9.12. The van der Waals surface area contributed by atoms with Crippen LogP contribution in [0.2, 0.25) is 0 Å². The fraction of sp³-hybridized carbons (Fsp3) is 0.371. The summed E-state index contributed by atoms with van der Waals surface area (Å²) in [6, 6.07) is 13.7. The van der Waals surface area contributed by atoms with Gasteiger partial charge in [0.2, 0.25) is 23.0 Å². The number of aryl methyl sites for hydroxylation is 2. The van der Waals surface area contributed by atoms with E-state index in [1.165, 1.54) is 6.92 Å². The van der Waals surface area contributed by atoms with E-state index in [4.69, 9.17) is 14.2 Å². The lowest BCUT2D eigenvalue weighted by atomic mass is 9.95. The molecule has 0 saturated carbocycles. The number of hydrogen-bond acceptors (Lipinski definition) is 9. The van der Waals surface area contributed by atoms with Gasteiger partial charge in [-0.25, -0.2) is 4.98 Å². The molecule has 0 spiro atoms. The molecule has 5 rings (SSSR count). The minimum atomic E-state index is -0.677. The Morgan fingerprint density at radius 3 is 2.51 bits per heavy atom. The van der Waals surface area contributed by atoms with E-state index in [1.54, 1.807) is 45.2 Å². The van der Waals surface area contributed by atoms with Crippen molar-refractivity contribution in [3.63, 3.8) is 0 Å². The van der Waals surface area contributed by atoms with E-state index < -0.39 is 12.1 Å². The number of amides is 2. The molecule has 4 aromatic rings. The molecule has 2 atom stereocenters. The molecule has 1 aliphatic rings. The zero-order chi connectivity index (χ0) is 33.7. The van der Waals surface area contributed by atoms with Gasteiger partial charge < -0.3 is 34.7 Å². The van der Waals surface area contributed by atoms with Crippen molar-refractivity contribution < 1.29 is 23.8 Å². The number of methoxy groups -OCH3 is 3. The minimum Gasteiger partial charge on any atom is -0.493 e. The van der Waals surface area contributed by atoms with Crippen LogP contribution in [0.3, 0.4) is 0 Å². The van der Waals surface area contributed by atoms with E-state index in [9.17, 15) is 14.4 Å². The number of nitrogens with one attached hydrogen (secondary N) is 3. The number of anilines is 1. The molecule has 47 heavy (non-hydrogen) atoms. The lowest BCUT2D eigenvalue weighted by Crippen LogP contribution is -2.41. The van der Waals surface area contributed by atoms with Gasteiger partial charge in [-0.1, -0.05) is 18.2 Å². The molecule has 12 heteroatoms. The number of fused-ring (bicyclic) bond motifs is 4. The molecular formula is C35H41N5O6S. The molecule has 248 valence electrons.